The molecule has 0 unspecified atom stereocenters. The third-order valence-corrected chi connectivity index (χ3v) is 4.68. The number of amides is 1. The van der Waals surface area contributed by atoms with Gasteiger partial charge in [0, 0.05) is 26.2 Å². The molecule has 0 saturated carbocycles. The van der Waals surface area contributed by atoms with E-state index in [1.54, 1.807) is 12.1 Å². The van der Waals surface area contributed by atoms with Crippen LogP contribution in [-0.2, 0) is 11.3 Å². The van der Waals surface area contributed by atoms with E-state index >= 15 is 0 Å². The largest absolute Gasteiger partial charge is 0.339 e. The summed E-state index contributed by atoms with van der Waals surface area (Å²) < 4.78 is 1.64. The van der Waals surface area contributed by atoms with Gasteiger partial charge in [-0.05, 0) is 30.9 Å². The minimum absolute atomic E-state index is 0.00880. The van der Waals surface area contributed by atoms with E-state index in [1.165, 1.54) is 4.57 Å². The van der Waals surface area contributed by atoms with Gasteiger partial charge in [-0.15, -0.1) is 0 Å². The van der Waals surface area contributed by atoms with E-state index in [4.69, 9.17) is 12.2 Å². The standard InChI is InChI=1S/C16H20N4O2S/c1-2-18-7-9-19(10-8-18)14(21)11-20-15(22)12-5-3-4-6-13(12)17-16(20)23/h3-6H,2,7-11H2,1H3,(H,17,23). The maximum Gasteiger partial charge on any atom is 0.262 e. The Kier molecular flexibility index (Phi) is 4.58. The normalized spacial score (nSPS) is 16.0. The highest BCUT2D eigenvalue weighted by Gasteiger charge is 2.21. The molecule has 0 bridgehead atoms. The SMILES string of the molecule is CCN1CCN(C(=O)Cn2c(=S)[nH]c3ccccc3c2=O)CC1. The van der Waals surface area contributed by atoms with Crippen molar-refractivity contribution in [3.8, 4) is 0 Å². The van der Waals surface area contributed by atoms with Gasteiger partial charge in [0.15, 0.2) is 4.77 Å². The zero-order valence-electron chi connectivity index (χ0n) is 13.1. The predicted molar refractivity (Wildman–Crippen MR) is 92.1 cm³/mol. The number of nitrogens with one attached hydrogen (secondary N) is 1. The Labute approximate surface area is 139 Å². The molecule has 0 aliphatic carbocycles. The Balaban J connectivity index is 1.83. The fourth-order valence-electron chi connectivity index (χ4n) is 2.89. The number of benzene rings is 1. The van der Waals surface area contributed by atoms with E-state index in [1.807, 2.05) is 17.0 Å². The molecular weight excluding hydrogens is 312 g/mol. The highest BCUT2D eigenvalue weighted by Crippen LogP contribution is 2.07. The van der Waals surface area contributed by atoms with Crippen LogP contribution < -0.4 is 5.56 Å². The Morgan fingerprint density at radius 3 is 2.61 bits per heavy atom. The second-order valence-electron chi connectivity index (χ2n) is 5.68. The fourth-order valence-corrected chi connectivity index (χ4v) is 3.15. The number of fused-ring (bicyclic) bond motifs is 1. The third kappa shape index (κ3) is 3.20. The molecule has 1 amide bonds. The van der Waals surface area contributed by atoms with Crippen LogP contribution in [0, 0.1) is 4.77 Å². The van der Waals surface area contributed by atoms with Crippen molar-refractivity contribution in [2.24, 2.45) is 0 Å². The number of para-hydroxylation sites is 1. The second kappa shape index (κ2) is 6.64. The molecule has 1 aromatic heterocycles. The molecule has 6 nitrogen and oxygen atoms in total. The highest BCUT2D eigenvalue weighted by atomic mass is 32.1. The first-order valence-electron chi connectivity index (χ1n) is 7.82. The van der Waals surface area contributed by atoms with Crippen LogP contribution in [0.15, 0.2) is 29.1 Å². The monoisotopic (exact) mass is 332 g/mol. The quantitative estimate of drug-likeness (QED) is 0.859. The number of H-pyrrole nitrogens is 1. The first-order chi connectivity index (χ1) is 11.1. The molecule has 23 heavy (non-hydrogen) atoms. The lowest BCUT2D eigenvalue weighted by molar-refractivity contribution is -0.133. The van der Waals surface area contributed by atoms with E-state index in [-0.39, 0.29) is 22.8 Å². The summed E-state index contributed by atoms with van der Waals surface area (Å²) in [5, 5.41) is 0.546. The lowest BCUT2D eigenvalue weighted by Gasteiger charge is -2.34. The molecule has 1 N–H and O–H groups in total. The molecule has 3 rings (SSSR count). The highest BCUT2D eigenvalue weighted by molar-refractivity contribution is 7.71. The van der Waals surface area contributed by atoms with Crippen LogP contribution >= 0.6 is 12.2 Å². The predicted octanol–water partition coefficient (Wildman–Crippen LogP) is 1.22. The number of aromatic amines is 1. The van der Waals surface area contributed by atoms with Crippen molar-refractivity contribution in [1.29, 1.82) is 0 Å². The summed E-state index contributed by atoms with van der Waals surface area (Å²) in [4.78, 5) is 32.2. The number of carbonyl (C=O) groups excluding carboxylic acids is 1. The lowest BCUT2D eigenvalue weighted by atomic mass is 10.2. The zero-order chi connectivity index (χ0) is 16.4. The van der Waals surface area contributed by atoms with Gasteiger partial charge >= 0.3 is 0 Å². The van der Waals surface area contributed by atoms with E-state index in [0.29, 0.717) is 24.0 Å². The molecule has 0 radical (unpaired) electrons. The van der Waals surface area contributed by atoms with Crippen molar-refractivity contribution in [2.45, 2.75) is 13.5 Å². The molecule has 1 saturated heterocycles. The van der Waals surface area contributed by atoms with E-state index < -0.39 is 0 Å². The van der Waals surface area contributed by atoms with Gasteiger partial charge in [-0.1, -0.05) is 19.1 Å². The smallest absolute Gasteiger partial charge is 0.262 e. The summed E-state index contributed by atoms with van der Waals surface area (Å²) in [5.74, 6) is -0.0577. The van der Waals surface area contributed by atoms with E-state index in [9.17, 15) is 9.59 Å². The summed E-state index contributed by atoms with van der Waals surface area (Å²) >= 11 is 5.25. The maximum atomic E-state index is 12.6. The molecule has 1 aliphatic heterocycles. The number of carbonyl (C=O) groups is 1. The second-order valence-corrected chi connectivity index (χ2v) is 6.07. The Hall–Kier alpha value is -1.99. The summed E-state index contributed by atoms with van der Waals surface area (Å²) in [6.45, 7) is 6.26. The fraction of sp³-hybridized carbons (Fsp3) is 0.438. The van der Waals surface area contributed by atoms with Gasteiger partial charge in [0.1, 0.15) is 6.54 Å². The molecular formula is C16H20N4O2S. The molecule has 7 heteroatoms. The van der Waals surface area contributed by atoms with Crippen LogP contribution in [-0.4, -0.2) is 58.0 Å². The summed E-state index contributed by atoms with van der Waals surface area (Å²) in [5.41, 5.74) is 0.479. The number of nitrogens with zero attached hydrogens (tertiary/aromatic N) is 3. The van der Waals surface area contributed by atoms with Crippen LogP contribution in [0.25, 0.3) is 10.9 Å². The maximum absolute atomic E-state index is 12.6. The number of likely N-dealkylation sites (N-methyl/N-ethyl adjacent to an activating group) is 1. The van der Waals surface area contributed by atoms with Crippen molar-refractivity contribution >= 4 is 29.0 Å². The van der Waals surface area contributed by atoms with E-state index in [2.05, 4.69) is 16.8 Å². The van der Waals surface area contributed by atoms with Crippen molar-refractivity contribution in [1.82, 2.24) is 19.4 Å². The van der Waals surface area contributed by atoms with Gasteiger partial charge in [0.2, 0.25) is 5.91 Å². The number of piperazine rings is 1. The van der Waals surface area contributed by atoms with Gasteiger partial charge < -0.3 is 14.8 Å². The first kappa shape index (κ1) is 15.9. The zero-order valence-corrected chi connectivity index (χ0v) is 13.9. The molecule has 1 aliphatic rings. The van der Waals surface area contributed by atoms with Gasteiger partial charge in [-0.2, -0.15) is 0 Å². The van der Waals surface area contributed by atoms with Gasteiger partial charge in [-0.25, -0.2) is 0 Å². The number of aromatic nitrogens is 2. The molecule has 0 atom stereocenters. The third-order valence-electron chi connectivity index (χ3n) is 4.35. The molecule has 2 aromatic rings. The molecule has 2 heterocycles. The summed E-state index contributed by atoms with van der Waals surface area (Å²) in [6.07, 6.45) is 0. The summed E-state index contributed by atoms with van der Waals surface area (Å²) in [6, 6.07) is 7.19. The van der Waals surface area contributed by atoms with Crippen LogP contribution in [0.4, 0.5) is 0 Å². The Morgan fingerprint density at radius 1 is 1.22 bits per heavy atom. The van der Waals surface area contributed by atoms with Crippen molar-refractivity contribution in [2.75, 3.05) is 32.7 Å². The average Bonchev–Trinajstić information content (AvgIpc) is 2.58. The minimum atomic E-state index is -0.218. The topological polar surface area (TPSA) is 61.3 Å². The molecule has 1 fully saturated rings. The van der Waals surface area contributed by atoms with Crippen molar-refractivity contribution in [3.05, 3.63) is 39.4 Å². The number of rotatable bonds is 3. The molecule has 122 valence electrons. The Morgan fingerprint density at radius 2 is 1.91 bits per heavy atom. The lowest BCUT2D eigenvalue weighted by Crippen LogP contribution is -2.49. The van der Waals surface area contributed by atoms with Crippen molar-refractivity contribution < 1.29 is 4.79 Å². The summed E-state index contributed by atoms with van der Waals surface area (Å²) in [7, 11) is 0. The number of hydrogen-bond donors (Lipinski definition) is 1. The van der Waals surface area contributed by atoms with Crippen LogP contribution in [0.3, 0.4) is 0 Å². The molecule has 0 spiro atoms. The Bertz CT molecular complexity index is 834. The minimum Gasteiger partial charge on any atom is -0.339 e. The van der Waals surface area contributed by atoms with E-state index in [0.717, 1.165) is 19.6 Å². The van der Waals surface area contributed by atoms with Crippen molar-refractivity contribution in [3.63, 3.8) is 0 Å². The number of hydrogen-bond acceptors (Lipinski definition) is 4. The first-order valence-corrected chi connectivity index (χ1v) is 8.23. The van der Waals surface area contributed by atoms with Crippen LogP contribution in [0.2, 0.25) is 0 Å². The van der Waals surface area contributed by atoms with Crippen LogP contribution in [0.1, 0.15) is 6.92 Å². The van der Waals surface area contributed by atoms with Gasteiger partial charge in [-0.3, -0.25) is 14.2 Å². The van der Waals surface area contributed by atoms with Gasteiger partial charge in [0.25, 0.3) is 5.56 Å². The van der Waals surface area contributed by atoms with Gasteiger partial charge in [0.05, 0.1) is 10.9 Å². The van der Waals surface area contributed by atoms with Crippen LogP contribution in [0.5, 0.6) is 0 Å². The molecule has 1 aromatic carbocycles. The average molecular weight is 332 g/mol.